The highest BCUT2D eigenvalue weighted by Gasteiger charge is 2.12. The SMILES string of the molecule is Cc1ccc(OCCN(C)C(=O)CNC(=O)c2ccc(C)c(C)c2)cc1. The van der Waals surface area contributed by atoms with Gasteiger partial charge >= 0.3 is 0 Å². The first-order valence-electron chi connectivity index (χ1n) is 8.65. The van der Waals surface area contributed by atoms with E-state index in [4.69, 9.17) is 4.74 Å². The van der Waals surface area contributed by atoms with Crippen LogP contribution in [-0.4, -0.2) is 43.5 Å². The number of nitrogens with one attached hydrogen (secondary N) is 1. The molecule has 1 N–H and O–H groups in total. The Bertz CT molecular complexity index is 769. The van der Waals surface area contributed by atoms with Crippen molar-refractivity contribution >= 4 is 11.8 Å². The van der Waals surface area contributed by atoms with Crippen LogP contribution in [0.25, 0.3) is 0 Å². The highest BCUT2D eigenvalue weighted by Crippen LogP contribution is 2.11. The van der Waals surface area contributed by atoms with Crippen molar-refractivity contribution in [2.24, 2.45) is 0 Å². The zero-order chi connectivity index (χ0) is 19.1. The van der Waals surface area contributed by atoms with Crippen LogP contribution in [0.5, 0.6) is 5.75 Å². The lowest BCUT2D eigenvalue weighted by atomic mass is 10.1. The van der Waals surface area contributed by atoms with E-state index in [0.717, 1.165) is 16.9 Å². The number of rotatable bonds is 7. The van der Waals surface area contributed by atoms with Gasteiger partial charge in [-0.25, -0.2) is 0 Å². The second-order valence-electron chi connectivity index (χ2n) is 6.46. The van der Waals surface area contributed by atoms with E-state index in [1.807, 2.05) is 57.2 Å². The molecule has 2 amide bonds. The molecule has 2 rings (SSSR count). The number of aryl methyl sites for hydroxylation is 3. The summed E-state index contributed by atoms with van der Waals surface area (Å²) in [6.07, 6.45) is 0. The molecule has 0 unspecified atom stereocenters. The topological polar surface area (TPSA) is 58.6 Å². The predicted molar refractivity (Wildman–Crippen MR) is 103 cm³/mol. The number of carbonyl (C=O) groups is 2. The third kappa shape index (κ3) is 5.62. The normalized spacial score (nSPS) is 10.3. The summed E-state index contributed by atoms with van der Waals surface area (Å²) in [7, 11) is 1.70. The lowest BCUT2D eigenvalue weighted by Crippen LogP contribution is -2.39. The first-order valence-corrected chi connectivity index (χ1v) is 8.65. The maximum absolute atomic E-state index is 12.2. The summed E-state index contributed by atoms with van der Waals surface area (Å²) >= 11 is 0. The van der Waals surface area contributed by atoms with Gasteiger partial charge in [-0.3, -0.25) is 9.59 Å². The molecule has 0 saturated heterocycles. The fraction of sp³-hybridized carbons (Fsp3) is 0.333. The average Bonchev–Trinajstić information content (AvgIpc) is 2.63. The summed E-state index contributed by atoms with van der Waals surface area (Å²) in [4.78, 5) is 25.8. The number of hydrogen-bond donors (Lipinski definition) is 1. The Morgan fingerprint density at radius 2 is 1.69 bits per heavy atom. The van der Waals surface area contributed by atoms with Gasteiger partial charge in [-0.2, -0.15) is 0 Å². The van der Waals surface area contributed by atoms with Gasteiger partial charge in [0.15, 0.2) is 0 Å². The molecule has 0 aromatic heterocycles. The molecule has 2 aromatic carbocycles. The van der Waals surface area contributed by atoms with E-state index in [9.17, 15) is 9.59 Å². The van der Waals surface area contributed by atoms with Crippen LogP contribution < -0.4 is 10.1 Å². The Kier molecular flexibility index (Phi) is 6.78. The second-order valence-corrected chi connectivity index (χ2v) is 6.46. The van der Waals surface area contributed by atoms with Crippen LogP contribution in [-0.2, 0) is 4.79 Å². The molecule has 2 aromatic rings. The van der Waals surface area contributed by atoms with Crippen molar-refractivity contribution in [2.75, 3.05) is 26.7 Å². The first-order chi connectivity index (χ1) is 12.4. The van der Waals surface area contributed by atoms with Gasteiger partial charge in [0.25, 0.3) is 5.91 Å². The Balaban J connectivity index is 1.74. The van der Waals surface area contributed by atoms with Gasteiger partial charge in [0, 0.05) is 12.6 Å². The van der Waals surface area contributed by atoms with E-state index in [1.165, 1.54) is 5.56 Å². The molecule has 138 valence electrons. The molecule has 0 atom stereocenters. The Labute approximate surface area is 155 Å². The Hall–Kier alpha value is -2.82. The molecule has 0 aliphatic carbocycles. The quantitative estimate of drug-likeness (QED) is 0.832. The molecule has 26 heavy (non-hydrogen) atoms. The van der Waals surface area contributed by atoms with Crippen LogP contribution in [0.1, 0.15) is 27.0 Å². The molecular formula is C21H26N2O3. The van der Waals surface area contributed by atoms with E-state index in [1.54, 1.807) is 18.0 Å². The molecular weight excluding hydrogens is 328 g/mol. The molecule has 5 heteroatoms. The highest BCUT2D eigenvalue weighted by molar-refractivity contribution is 5.96. The summed E-state index contributed by atoms with van der Waals surface area (Å²) in [6, 6.07) is 13.3. The second kappa shape index (κ2) is 9.04. The molecule has 0 heterocycles. The van der Waals surface area contributed by atoms with E-state index in [2.05, 4.69) is 5.32 Å². The van der Waals surface area contributed by atoms with Crippen LogP contribution >= 0.6 is 0 Å². The third-order valence-electron chi connectivity index (χ3n) is 4.31. The van der Waals surface area contributed by atoms with E-state index in [0.29, 0.717) is 18.7 Å². The molecule has 0 fully saturated rings. The largest absolute Gasteiger partial charge is 0.492 e. The number of hydrogen-bond acceptors (Lipinski definition) is 3. The van der Waals surface area contributed by atoms with Crippen molar-refractivity contribution in [3.05, 3.63) is 64.7 Å². The molecule has 0 spiro atoms. The standard InChI is InChI=1S/C21H26N2O3/c1-15-5-9-19(10-6-15)26-12-11-23(4)20(24)14-22-21(25)18-8-7-16(2)17(3)13-18/h5-10,13H,11-12,14H2,1-4H3,(H,22,25). The van der Waals surface area contributed by atoms with Crippen LogP contribution in [0.2, 0.25) is 0 Å². The summed E-state index contributed by atoms with van der Waals surface area (Å²) in [5.74, 6) is 0.375. The minimum absolute atomic E-state index is 0.0349. The molecule has 0 saturated carbocycles. The fourth-order valence-corrected chi connectivity index (χ4v) is 2.34. The van der Waals surface area contributed by atoms with Gasteiger partial charge in [0.1, 0.15) is 12.4 Å². The summed E-state index contributed by atoms with van der Waals surface area (Å²) in [5.41, 5.74) is 3.91. The molecule has 5 nitrogen and oxygen atoms in total. The summed E-state index contributed by atoms with van der Waals surface area (Å²) in [5, 5.41) is 2.67. The fourth-order valence-electron chi connectivity index (χ4n) is 2.34. The molecule has 0 radical (unpaired) electrons. The Morgan fingerprint density at radius 3 is 2.35 bits per heavy atom. The number of nitrogens with zero attached hydrogens (tertiary/aromatic N) is 1. The maximum Gasteiger partial charge on any atom is 0.251 e. The number of carbonyl (C=O) groups excluding carboxylic acids is 2. The monoisotopic (exact) mass is 354 g/mol. The number of benzene rings is 2. The minimum atomic E-state index is -0.245. The molecule has 0 bridgehead atoms. The Morgan fingerprint density at radius 1 is 1.00 bits per heavy atom. The van der Waals surface area contributed by atoms with Crippen LogP contribution in [0.15, 0.2) is 42.5 Å². The first kappa shape index (κ1) is 19.5. The zero-order valence-corrected chi connectivity index (χ0v) is 15.8. The van der Waals surface area contributed by atoms with E-state index < -0.39 is 0 Å². The van der Waals surface area contributed by atoms with Gasteiger partial charge < -0.3 is 15.0 Å². The van der Waals surface area contributed by atoms with Gasteiger partial charge in [-0.15, -0.1) is 0 Å². The molecule has 0 aliphatic rings. The maximum atomic E-state index is 12.2. The zero-order valence-electron chi connectivity index (χ0n) is 15.8. The van der Waals surface area contributed by atoms with Crippen molar-refractivity contribution in [3.63, 3.8) is 0 Å². The number of likely N-dealkylation sites (N-methyl/N-ethyl adjacent to an activating group) is 1. The van der Waals surface area contributed by atoms with E-state index >= 15 is 0 Å². The summed E-state index contributed by atoms with van der Waals surface area (Å²) < 4.78 is 5.62. The lowest BCUT2D eigenvalue weighted by Gasteiger charge is -2.18. The lowest BCUT2D eigenvalue weighted by molar-refractivity contribution is -0.129. The van der Waals surface area contributed by atoms with Crippen molar-refractivity contribution < 1.29 is 14.3 Å². The van der Waals surface area contributed by atoms with Crippen LogP contribution in [0.4, 0.5) is 0 Å². The smallest absolute Gasteiger partial charge is 0.251 e. The minimum Gasteiger partial charge on any atom is -0.492 e. The van der Waals surface area contributed by atoms with Crippen molar-refractivity contribution in [1.29, 1.82) is 0 Å². The van der Waals surface area contributed by atoms with Crippen LogP contribution in [0, 0.1) is 20.8 Å². The van der Waals surface area contributed by atoms with Gasteiger partial charge in [-0.05, 0) is 56.2 Å². The molecule has 0 aliphatic heterocycles. The van der Waals surface area contributed by atoms with Crippen molar-refractivity contribution in [2.45, 2.75) is 20.8 Å². The van der Waals surface area contributed by atoms with Gasteiger partial charge in [-0.1, -0.05) is 23.8 Å². The highest BCUT2D eigenvalue weighted by atomic mass is 16.5. The van der Waals surface area contributed by atoms with Crippen molar-refractivity contribution in [1.82, 2.24) is 10.2 Å². The van der Waals surface area contributed by atoms with Crippen LogP contribution in [0.3, 0.4) is 0 Å². The van der Waals surface area contributed by atoms with Gasteiger partial charge in [0.2, 0.25) is 5.91 Å². The summed E-state index contributed by atoms with van der Waals surface area (Å²) in [6.45, 7) is 6.78. The van der Waals surface area contributed by atoms with Gasteiger partial charge in [0.05, 0.1) is 13.1 Å². The van der Waals surface area contributed by atoms with E-state index in [-0.39, 0.29) is 18.4 Å². The number of amides is 2. The predicted octanol–water partition coefficient (Wildman–Crippen LogP) is 2.88. The number of ether oxygens (including phenoxy) is 1. The van der Waals surface area contributed by atoms with Crippen molar-refractivity contribution in [3.8, 4) is 5.75 Å². The average molecular weight is 354 g/mol. The third-order valence-corrected chi connectivity index (χ3v) is 4.31.